The highest BCUT2D eigenvalue weighted by molar-refractivity contribution is 6.36. The molecule has 2 saturated carbocycles. The topological polar surface area (TPSA) is 88.9 Å². The number of nitrogens with one attached hydrogen (secondary N) is 2. The Hall–Kier alpha value is -3.71. The number of halogens is 1. The van der Waals surface area contributed by atoms with E-state index in [-0.39, 0.29) is 17.9 Å². The summed E-state index contributed by atoms with van der Waals surface area (Å²) in [5, 5.41) is 11.8. The molecule has 0 unspecified atom stereocenters. The quantitative estimate of drug-likeness (QED) is 0.348. The fourth-order valence-corrected chi connectivity index (χ4v) is 6.61. The molecule has 0 bridgehead atoms. The molecule has 2 fully saturated rings. The first-order valence-electron chi connectivity index (χ1n) is 13.1. The van der Waals surface area contributed by atoms with Crippen LogP contribution in [0, 0.1) is 11.3 Å². The van der Waals surface area contributed by atoms with Crippen molar-refractivity contribution in [2.24, 2.45) is 11.3 Å². The zero-order chi connectivity index (χ0) is 26.4. The number of carbonyl (C=O) groups excluding carboxylic acids is 2. The second-order valence-corrected chi connectivity index (χ2v) is 11.4. The smallest absolute Gasteiger partial charge is 0.269 e. The molecular weight excluding hydrogens is 498 g/mol. The van der Waals surface area contributed by atoms with E-state index in [1.54, 1.807) is 37.6 Å². The lowest BCUT2D eigenvalue weighted by atomic mass is 9.50. The monoisotopic (exact) mass is 527 g/mol. The van der Waals surface area contributed by atoms with Crippen LogP contribution in [0.2, 0.25) is 5.02 Å². The van der Waals surface area contributed by atoms with Crippen LogP contribution in [0.3, 0.4) is 0 Å². The van der Waals surface area contributed by atoms with E-state index in [0.29, 0.717) is 28.2 Å². The van der Waals surface area contributed by atoms with Crippen LogP contribution in [0.5, 0.6) is 0 Å². The summed E-state index contributed by atoms with van der Waals surface area (Å²) in [6.45, 7) is 2.80. The maximum atomic E-state index is 13.3. The van der Waals surface area contributed by atoms with Crippen molar-refractivity contribution in [2.45, 2.75) is 45.2 Å². The third-order valence-electron chi connectivity index (χ3n) is 8.09. The first-order valence-corrected chi connectivity index (χ1v) is 13.4. The molecule has 6 rings (SSSR count). The number of benzene rings is 2. The molecule has 2 aromatic carbocycles. The first-order chi connectivity index (χ1) is 18.3. The second-order valence-electron chi connectivity index (χ2n) is 11.0. The van der Waals surface area contributed by atoms with Crippen molar-refractivity contribution < 1.29 is 9.59 Å². The van der Waals surface area contributed by atoms with Gasteiger partial charge in [-0.15, -0.1) is 0 Å². The van der Waals surface area contributed by atoms with Gasteiger partial charge in [0.25, 0.3) is 11.8 Å². The Morgan fingerprint density at radius 1 is 1.03 bits per heavy atom. The normalized spacial score (nSPS) is 22.1. The summed E-state index contributed by atoms with van der Waals surface area (Å²) in [5.74, 6) is 0.526. The zero-order valence-electron chi connectivity index (χ0n) is 21.5. The van der Waals surface area contributed by atoms with Crippen LogP contribution in [0.15, 0.2) is 60.9 Å². The van der Waals surface area contributed by atoms with Crippen molar-refractivity contribution in [3.63, 3.8) is 0 Å². The molecular formula is C30H30ClN5O2. The van der Waals surface area contributed by atoms with Gasteiger partial charge in [0.2, 0.25) is 0 Å². The van der Waals surface area contributed by atoms with Crippen molar-refractivity contribution in [3.05, 3.63) is 82.8 Å². The van der Waals surface area contributed by atoms with E-state index >= 15 is 0 Å². The highest BCUT2D eigenvalue weighted by atomic mass is 35.5. The molecule has 2 aromatic heterocycles. The third-order valence-corrected chi connectivity index (χ3v) is 8.42. The molecule has 0 atom stereocenters. The van der Waals surface area contributed by atoms with E-state index < -0.39 is 0 Å². The Labute approximate surface area is 226 Å². The molecule has 7 nitrogen and oxygen atoms in total. The highest BCUT2D eigenvalue weighted by Gasteiger charge is 2.51. The molecule has 1 spiro atoms. The average Bonchev–Trinajstić information content (AvgIpc) is 3.31. The maximum Gasteiger partial charge on any atom is 0.269 e. The molecule has 2 aliphatic rings. The molecule has 8 heteroatoms. The molecule has 0 saturated heterocycles. The fourth-order valence-electron chi connectivity index (χ4n) is 6.41. The van der Waals surface area contributed by atoms with E-state index in [9.17, 15) is 9.59 Å². The average molecular weight is 528 g/mol. The molecule has 38 heavy (non-hydrogen) atoms. The number of fused-ring (bicyclic) bond motifs is 1. The minimum atomic E-state index is -0.220. The summed E-state index contributed by atoms with van der Waals surface area (Å²) in [6.07, 6.45) is 8.09. The van der Waals surface area contributed by atoms with Gasteiger partial charge in [0.1, 0.15) is 5.69 Å². The van der Waals surface area contributed by atoms with Gasteiger partial charge in [0, 0.05) is 24.7 Å². The second kappa shape index (κ2) is 9.55. The summed E-state index contributed by atoms with van der Waals surface area (Å²) in [6, 6.07) is 15.5. The van der Waals surface area contributed by atoms with Gasteiger partial charge in [0.15, 0.2) is 0 Å². The van der Waals surface area contributed by atoms with Crippen molar-refractivity contribution in [1.82, 2.24) is 25.4 Å². The van der Waals surface area contributed by atoms with Gasteiger partial charge in [-0.3, -0.25) is 19.3 Å². The van der Waals surface area contributed by atoms with Gasteiger partial charge in [-0.25, -0.2) is 0 Å². The third kappa shape index (κ3) is 4.45. The van der Waals surface area contributed by atoms with Crippen LogP contribution in [-0.4, -0.2) is 39.7 Å². The Kier molecular flexibility index (Phi) is 6.19. The largest absolute Gasteiger partial charge is 0.354 e. The number of rotatable bonds is 6. The number of aromatic nitrogens is 3. The lowest BCUT2D eigenvalue weighted by Crippen LogP contribution is -2.55. The van der Waals surface area contributed by atoms with Crippen LogP contribution in [0.25, 0.3) is 22.0 Å². The summed E-state index contributed by atoms with van der Waals surface area (Å²) in [7, 11) is 1.59. The van der Waals surface area contributed by atoms with Crippen molar-refractivity contribution in [3.8, 4) is 11.1 Å². The van der Waals surface area contributed by atoms with Gasteiger partial charge >= 0.3 is 0 Å². The number of pyridine rings is 1. The zero-order valence-corrected chi connectivity index (χ0v) is 22.3. The van der Waals surface area contributed by atoms with E-state index in [1.165, 1.54) is 12.8 Å². The number of carbonyl (C=O) groups is 2. The highest BCUT2D eigenvalue weighted by Crippen LogP contribution is 2.58. The lowest BCUT2D eigenvalue weighted by molar-refractivity contribution is -0.0399. The molecule has 0 radical (unpaired) electrons. The predicted molar refractivity (Wildman–Crippen MR) is 148 cm³/mol. The minimum absolute atomic E-state index is 0.0689. The molecule has 2 amide bonds. The number of amides is 2. The molecule has 2 heterocycles. The molecule has 2 aliphatic carbocycles. The van der Waals surface area contributed by atoms with Crippen molar-refractivity contribution in [1.29, 1.82) is 0 Å². The maximum absolute atomic E-state index is 13.3. The van der Waals surface area contributed by atoms with Crippen molar-refractivity contribution >= 4 is 34.3 Å². The SMILES string of the molecule is CNC(=O)c1cc(-c2ccc(Cn3ncc4c(Cl)ccc(C(=O)NC5CC6(CC(C)C6)C5)c43)cc2)ccn1. The number of nitrogens with zero attached hydrogens (tertiary/aromatic N) is 3. The summed E-state index contributed by atoms with van der Waals surface area (Å²) < 4.78 is 1.84. The van der Waals surface area contributed by atoms with Gasteiger partial charge in [-0.2, -0.15) is 5.10 Å². The van der Waals surface area contributed by atoms with E-state index in [1.807, 2.05) is 35.0 Å². The fraction of sp³-hybridized carbons (Fsp3) is 0.333. The van der Waals surface area contributed by atoms with Gasteiger partial charge in [-0.1, -0.05) is 42.8 Å². The molecule has 194 valence electrons. The molecule has 4 aromatic rings. The van der Waals surface area contributed by atoms with Gasteiger partial charge in [-0.05, 0) is 78.0 Å². The van der Waals surface area contributed by atoms with Gasteiger partial charge < -0.3 is 10.6 Å². The lowest BCUT2D eigenvalue weighted by Gasteiger charge is -2.57. The molecule has 0 aliphatic heterocycles. The number of hydrogen-bond donors (Lipinski definition) is 2. The summed E-state index contributed by atoms with van der Waals surface area (Å²) in [4.78, 5) is 29.4. The Bertz CT molecular complexity index is 1530. The van der Waals surface area contributed by atoms with Crippen LogP contribution in [-0.2, 0) is 6.54 Å². The molecule has 2 N–H and O–H groups in total. The van der Waals surface area contributed by atoms with E-state index in [0.717, 1.165) is 46.4 Å². The van der Waals surface area contributed by atoms with Crippen molar-refractivity contribution in [2.75, 3.05) is 7.05 Å². The Morgan fingerprint density at radius 3 is 2.50 bits per heavy atom. The predicted octanol–water partition coefficient (Wildman–Crippen LogP) is 5.47. The first kappa shape index (κ1) is 24.6. The number of hydrogen-bond acceptors (Lipinski definition) is 4. The summed E-state index contributed by atoms with van der Waals surface area (Å²) in [5.41, 5.74) is 5.11. The van der Waals surface area contributed by atoms with Crippen LogP contribution < -0.4 is 10.6 Å². The summed E-state index contributed by atoms with van der Waals surface area (Å²) >= 11 is 6.49. The van der Waals surface area contributed by atoms with Crippen LogP contribution >= 0.6 is 11.6 Å². The van der Waals surface area contributed by atoms with Crippen LogP contribution in [0.4, 0.5) is 0 Å². The van der Waals surface area contributed by atoms with Crippen LogP contribution in [0.1, 0.15) is 59.0 Å². The minimum Gasteiger partial charge on any atom is -0.354 e. The van der Waals surface area contributed by atoms with E-state index in [2.05, 4.69) is 27.6 Å². The van der Waals surface area contributed by atoms with E-state index in [4.69, 9.17) is 11.6 Å². The Morgan fingerprint density at radius 2 is 1.79 bits per heavy atom. The Balaban J connectivity index is 1.21. The van der Waals surface area contributed by atoms with Gasteiger partial charge in [0.05, 0.1) is 28.8 Å². The standard InChI is InChI=1S/C30H30ClN5O2/c1-18-12-30(13-18)14-22(15-30)35-28(37)23-7-8-25(31)24-16-34-36(27(23)24)17-19-3-5-20(6-4-19)21-9-10-33-26(11-21)29(38)32-2/h3-11,16,18,22H,12-15,17H2,1-2H3,(H,32,38)(H,35,37).